The summed E-state index contributed by atoms with van der Waals surface area (Å²) in [4.78, 5) is 12.0. The highest BCUT2D eigenvalue weighted by Gasteiger charge is 2.12. The first-order valence-corrected chi connectivity index (χ1v) is 6.78. The van der Waals surface area contributed by atoms with Gasteiger partial charge in [0.05, 0.1) is 10.6 Å². The molecule has 0 heterocycles. The van der Waals surface area contributed by atoms with Gasteiger partial charge in [-0.15, -0.1) is 0 Å². The molecule has 5 heteroatoms. The van der Waals surface area contributed by atoms with E-state index in [0.29, 0.717) is 16.3 Å². The highest BCUT2D eigenvalue weighted by molar-refractivity contribution is 6.32. The number of carbonyl (C=O) groups excluding carboxylic acids is 1. The number of anilines is 1. The predicted octanol–water partition coefficient (Wildman–Crippen LogP) is 3.24. The van der Waals surface area contributed by atoms with Crippen molar-refractivity contribution >= 4 is 23.2 Å². The summed E-state index contributed by atoms with van der Waals surface area (Å²) in [5.74, 6) is -0.202. The number of hydrogen-bond acceptors (Lipinski definition) is 3. The van der Waals surface area contributed by atoms with E-state index in [0.717, 1.165) is 5.56 Å². The lowest BCUT2D eigenvalue weighted by molar-refractivity contribution is -0.116. The lowest BCUT2D eigenvalue weighted by atomic mass is 10.0. The van der Waals surface area contributed by atoms with Gasteiger partial charge in [0.25, 0.3) is 0 Å². The van der Waals surface area contributed by atoms with E-state index in [1.807, 2.05) is 36.4 Å². The molecule has 0 aliphatic rings. The Morgan fingerprint density at radius 1 is 1.29 bits per heavy atom. The van der Waals surface area contributed by atoms with Gasteiger partial charge in [-0.25, -0.2) is 0 Å². The number of rotatable bonds is 4. The number of amides is 1. The molecule has 0 aromatic heterocycles. The highest BCUT2D eigenvalue weighted by atomic mass is 35.5. The monoisotopic (exact) mass is 299 g/mol. The Hall–Kier alpha value is -2.35. The fourth-order valence-corrected chi connectivity index (χ4v) is 2.14. The topological polar surface area (TPSA) is 78.9 Å². The Kier molecular flexibility index (Phi) is 4.94. The summed E-state index contributed by atoms with van der Waals surface area (Å²) >= 11 is 5.92. The van der Waals surface area contributed by atoms with Crippen molar-refractivity contribution in [1.82, 2.24) is 0 Å². The molecule has 0 bridgehead atoms. The molecule has 0 spiro atoms. The number of nitrogens with two attached hydrogens (primary N) is 1. The first-order valence-electron chi connectivity index (χ1n) is 6.40. The molecule has 21 heavy (non-hydrogen) atoms. The van der Waals surface area contributed by atoms with Gasteiger partial charge in [-0.05, 0) is 23.8 Å². The average Bonchev–Trinajstić information content (AvgIpc) is 2.48. The number of halogens is 1. The van der Waals surface area contributed by atoms with Gasteiger partial charge in [-0.2, -0.15) is 5.26 Å². The first-order chi connectivity index (χ1) is 10.1. The molecule has 0 aliphatic carbocycles. The Bertz CT molecular complexity index is 680. The second-order valence-corrected chi connectivity index (χ2v) is 4.98. The molecule has 0 aliphatic heterocycles. The number of carbonyl (C=O) groups is 1. The van der Waals surface area contributed by atoms with Crippen molar-refractivity contribution in [2.45, 2.75) is 12.5 Å². The van der Waals surface area contributed by atoms with E-state index >= 15 is 0 Å². The Morgan fingerprint density at radius 2 is 2.00 bits per heavy atom. The SMILES string of the molecule is N#Cc1ccc(NC(=O)CC(N)c2ccccc2)cc1Cl. The third kappa shape index (κ3) is 4.06. The number of hydrogen-bond donors (Lipinski definition) is 2. The van der Waals surface area contributed by atoms with Crippen molar-refractivity contribution in [3.63, 3.8) is 0 Å². The van der Waals surface area contributed by atoms with E-state index in [1.54, 1.807) is 18.2 Å². The first kappa shape index (κ1) is 15.0. The van der Waals surface area contributed by atoms with Gasteiger partial charge in [0.15, 0.2) is 0 Å². The van der Waals surface area contributed by atoms with Crippen LogP contribution in [0.4, 0.5) is 5.69 Å². The number of nitrogens with zero attached hydrogens (tertiary/aromatic N) is 1. The van der Waals surface area contributed by atoms with Crippen LogP contribution >= 0.6 is 11.6 Å². The fourth-order valence-electron chi connectivity index (χ4n) is 1.91. The molecule has 1 amide bonds. The molecule has 1 atom stereocenters. The molecular formula is C16H14ClN3O. The maximum Gasteiger partial charge on any atom is 0.226 e. The molecule has 3 N–H and O–H groups in total. The van der Waals surface area contributed by atoms with Crippen LogP contribution in [0.5, 0.6) is 0 Å². The summed E-state index contributed by atoms with van der Waals surface area (Å²) in [6, 6.07) is 15.8. The Morgan fingerprint density at radius 3 is 2.62 bits per heavy atom. The van der Waals surface area contributed by atoms with E-state index in [-0.39, 0.29) is 18.4 Å². The van der Waals surface area contributed by atoms with E-state index in [4.69, 9.17) is 22.6 Å². The Labute approximate surface area is 128 Å². The quantitative estimate of drug-likeness (QED) is 0.909. The van der Waals surface area contributed by atoms with Gasteiger partial charge in [0.2, 0.25) is 5.91 Å². The second-order valence-electron chi connectivity index (χ2n) is 4.58. The van der Waals surface area contributed by atoms with Gasteiger partial charge < -0.3 is 11.1 Å². The molecule has 2 aromatic carbocycles. The third-order valence-corrected chi connectivity index (χ3v) is 3.32. The number of nitriles is 1. The van der Waals surface area contributed by atoms with E-state index in [2.05, 4.69) is 5.32 Å². The number of benzene rings is 2. The van der Waals surface area contributed by atoms with E-state index < -0.39 is 0 Å². The zero-order valence-electron chi connectivity index (χ0n) is 11.2. The summed E-state index contributed by atoms with van der Waals surface area (Å²) in [7, 11) is 0. The largest absolute Gasteiger partial charge is 0.326 e. The fraction of sp³-hybridized carbons (Fsp3) is 0.125. The van der Waals surface area contributed by atoms with Crippen LogP contribution in [-0.2, 0) is 4.79 Å². The molecule has 2 aromatic rings. The minimum Gasteiger partial charge on any atom is -0.326 e. The minimum absolute atomic E-state index is 0.168. The number of nitrogens with one attached hydrogen (secondary N) is 1. The predicted molar refractivity (Wildman–Crippen MR) is 82.8 cm³/mol. The summed E-state index contributed by atoms with van der Waals surface area (Å²) in [6.07, 6.45) is 0.168. The van der Waals surface area contributed by atoms with Crippen LogP contribution in [0.2, 0.25) is 5.02 Å². The lowest BCUT2D eigenvalue weighted by Gasteiger charge is -2.12. The van der Waals surface area contributed by atoms with Crippen molar-refractivity contribution < 1.29 is 4.79 Å². The van der Waals surface area contributed by atoms with Crippen molar-refractivity contribution in [3.05, 3.63) is 64.7 Å². The smallest absolute Gasteiger partial charge is 0.226 e. The van der Waals surface area contributed by atoms with Crippen LogP contribution in [0.15, 0.2) is 48.5 Å². The van der Waals surface area contributed by atoms with Gasteiger partial charge >= 0.3 is 0 Å². The van der Waals surface area contributed by atoms with Gasteiger partial charge in [0, 0.05) is 18.2 Å². The lowest BCUT2D eigenvalue weighted by Crippen LogP contribution is -2.20. The molecule has 0 saturated heterocycles. The van der Waals surface area contributed by atoms with Gasteiger partial charge in [-0.1, -0.05) is 41.9 Å². The average molecular weight is 300 g/mol. The molecule has 0 saturated carbocycles. The second kappa shape index (κ2) is 6.89. The van der Waals surface area contributed by atoms with Crippen LogP contribution in [-0.4, -0.2) is 5.91 Å². The van der Waals surface area contributed by atoms with E-state index in [1.165, 1.54) is 0 Å². The zero-order chi connectivity index (χ0) is 15.2. The van der Waals surface area contributed by atoms with Crippen molar-refractivity contribution in [2.24, 2.45) is 5.73 Å². The van der Waals surface area contributed by atoms with Crippen LogP contribution in [0.25, 0.3) is 0 Å². The third-order valence-electron chi connectivity index (χ3n) is 3.01. The zero-order valence-corrected chi connectivity index (χ0v) is 12.0. The summed E-state index contributed by atoms with van der Waals surface area (Å²) in [5.41, 5.74) is 7.82. The maximum atomic E-state index is 12.0. The molecule has 0 fully saturated rings. The highest BCUT2D eigenvalue weighted by Crippen LogP contribution is 2.21. The summed E-state index contributed by atoms with van der Waals surface area (Å²) < 4.78 is 0. The summed E-state index contributed by atoms with van der Waals surface area (Å²) in [5, 5.41) is 11.8. The standard InChI is InChI=1S/C16H14ClN3O/c17-14-8-13(7-6-12(14)10-18)20-16(21)9-15(19)11-4-2-1-3-5-11/h1-8,15H,9,19H2,(H,20,21). The van der Waals surface area contributed by atoms with Crippen LogP contribution in [0.3, 0.4) is 0 Å². The summed E-state index contributed by atoms with van der Waals surface area (Å²) in [6.45, 7) is 0. The van der Waals surface area contributed by atoms with Crippen LogP contribution < -0.4 is 11.1 Å². The molecule has 1 unspecified atom stereocenters. The van der Waals surface area contributed by atoms with Crippen LogP contribution in [0.1, 0.15) is 23.6 Å². The molecule has 4 nitrogen and oxygen atoms in total. The van der Waals surface area contributed by atoms with Crippen molar-refractivity contribution in [2.75, 3.05) is 5.32 Å². The van der Waals surface area contributed by atoms with Gasteiger partial charge in [0.1, 0.15) is 6.07 Å². The van der Waals surface area contributed by atoms with Gasteiger partial charge in [-0.3, -0.25) is 4.79 Å². The van der Waals surface area contributed by atoms with Crippen molar-refractivity contribution in [1.29, 1.82) is 5.26 Å². The normalized spacial score (nSPS) is 11.5. The molecule has 2 rings (SSSR count). The van der Waals surface area contributed by atoms with Crippen molar-refractivity contribution in [3.8, 4) is 6.07 Å². The Balaban J connectivity index is 1.99. The van der Waals surface area contributed by atoms with E-state index in [9.17, 15) is 4.79 Å². The molecule has 106 valence electrons. The maximum absolute atomic E-state index is 12.0. The molecule has 0 radical (unpaired) electrons. The van der Waals surface area contributed by atoms with Crippen LogP contribution in [0, 0.1) is 11.3 Å². The minimum atomic E-state index is -0.361. The molecular weight excluding hydrogens is 286 g/mol.